The van der Waals surface area contributed by atoms with Crippen LogP contribution in [-0.4, -0.2) is 48.5 Å². The number of carbonyl (C=O) groups excluding carboxylic acids is 1. The average molecular weight is 262 g/mol. The number of amides is 1. The van der Waals surface area contributed by atoms with Gasteiger partial charge in [-0.3, -0.25) is 14.7 Å². The van der Waals surface area contributed by atoms with Gasteiger partial charge in [0, 0.05) is 32.4 Å². The molecule has 1 aromatic heterocycles. The van der Waals surface area contributed by atoms with Gasteiger partial charge in [0.05, 0.1) is 18.8 Å². The van der Waals surface area contributed by atoms with Gasteiger partial charge >= 0.3 is 0 Å². The zero-order valence-corrected chi connectivity index (χ0v) is 11.5. The van der Waals surface area contributed by atoms with Crippen molar-refractivity contribution in [2.45, 2.75) is 19.9 Å². The van der Waals surface area contributed by atoms with Crippen molar-refractivity contribution >= 4 is 5.91 Å². The Labute approximate surface area is 114 Å². The van der Waals surface area contributed by atoms with E-state index in [9.17, 15) is 4.79 Å². The number of nitrogens with zero attached hydrogens (tertiary/aromatic N) is 2. The fourth-order valence-corrected chi connectivity index (χ4v) is 2.09. The first-order chi connectivity index (χ1) is 9.28. The van der Waals surface area contributed by atoms with Crippen LogP contribution in [0.1, 0.15) is 18.2 Å². The molecule has 5 nitrogen and oxygen atoms in total. The maximum Gasteiger partial charge on any atom is 0.234 e. The summed E-state index contributed by atoms with van der Waals surface area (Å²) in [6.07, 6.45) is 2.86. The highest BCUT2D eigenvalue weighted by Crippen LogP contribution is 2.00. The summed E-state index contributed by atoms with van der Waals surface area (Å²) in [5, 5.41) is 6.19. The van der Waals surface area contributed by atoms with Gasteiger partial charge in [-0.15, -0.1) is 0 Å². The third-order valence-corrected chi connectivity index (χ3v) is 3.34. The molecule has 1 aliphatic heterocycles. The van der Waals surface area contributed by atoms with E-state index in [1.165, 1.54) is 5.56 Å². The molecule has 0 spiro atoms. The van der Waals surface area contributed by atoms with Crippen LogP contribution in [0.2, 0.25) is 0 Å². The summed E-state index contributed by atoms with van der Waals surface area (Å²) in [4.78, 5) is 18.3. The van der Waals surface area contributed by atoms with Crippen molar-refractivity contribution in [2.75, 3.05) is 32.7 Å². The summed E-state index contributed by atoms with van der Waals surface area (Å²) < 4.78 is 0. The summed E-state index contributed by atoms with van der Waals surface area (Å²) in [5.74, 6) is 0.0725. The van der Waals surface area contributed by atoms with Gasteiger partial charge in [-0.05, 0) is 18.1 Å². The molecular formula is C14H22N4O. The fraction of sp³-hybridized carbons (Fsp3) is 0.571. The van der Waals surface area contributed by atoms with E-state index in [-0.39, 0.29) is 5.91 Å². The van der Waals surface area contributed by atoms with Gasteiger partial charge in [0.15, 0.2) is 0 Å². The molecular weight excluding hydrogens is 240 g/mol. The van der Waals surface area contributed by atoms with Gasteiger partial charge in [-0.1, -0.05) is 13.0 Å². The average Bonchev–Trinajstić information content (AvgIpc) is 2.47. The van der Waals surface area contributed by atoms with E-state index in [4.69, 9.17) is 0 Å². The first kappa shape index (κ1) is 14.0. The quantitative estimate of drug-likeness (QED) is 0.794. The molecule has 104 valence electrons. The van der Waals surface area contributed by atoms with Crippen LogP contribution in [0.4, 0.5) is 0 Å². The lowest BCUT2D eigenvalue weighted by molar-refractivity contribution is -0.122. The molecule has 0 radical (unpaired) electrons. The highest BCUT2D eigenvalue weighted by Gasteiger charge is 2.13. The standard InChI is InChI=1S/C14H22N4O/c1-2-12-3-4-13(16-9-12)10-17-14(19)11-18-7-5-15-6-8-18/h3-4,9,15H,2,5-8,10-11H2,1H3,(H,17,19). The molecule has 5 heteroatoms. The van der Waals surface area contributed by atoms with Crippen LogP contribution in [0.25, 0.3) is 0 Å². The summed E-state index contributed by atoms with van der Waals surface area (Å²) >= 11 is 0. The Hall–Kier alpha value is -1.46. The number of piperazine rings is 1. The number of aromatic nitrogens is 1. The second-order valence-corrected chi connectivity index (χ2v) is 4.81. The van der Waals surface area contributed by atoms with Crippen molar-refractivity contribution in [3.63, 3.8) is 0 Å². The van der Waals surface area contributed by atoms with E-state index >= 15 is 0 Å². The SMILES string of the molecule is CCc1ccc(CNC(=O)CN2CCNCC2)nc1. The maximum atomic E-state index is 11.8. The number of pyridine rings is 1. The predicted octanol–water partition coefficient (Wildman–Crippen LogP) is 0.165. The minimum atomic E-state index is 0.0725. The molecule has 0 saturated carbocycles. The third-order valence-electron chi connectivity index (χ3n) is 3.34. The lowest BCUT2D eigenvalue weighted by Gasteiger charge is -2.26. The van der Waals surface area contributed by atoms with Crippen molar-refractivity contribution < 1.29 is 4.79 Å². The number of nitrogens with one attached hydrogen (secondary N) is 2. The highest BCUT2D eigenvalue weighted by atomic mass is 16.2. The van der Waals surface area contributed by atoms with Crippen LogP contribution in [0.15, 0.2) is 18.3 Å². The van der Waals surface area contributed by atoms with Gasteiger partial charge in [0.2, 0.25) is 5.91 Å². The fourth-order valence-electron chi connectivity index (χ4n) is 2.09. The van der Waals surface area contributed by atoms with Gasteiger partial charge in [-0.2, -0.15) is 0 Å². The Morgan fingerprint density at radius 1 is 1.42 bits per heavy atom. The van der Waals surface area contributed by atoms with Gasteiger partial charge in [-0.25, -0.2) is 0 Å². The third kappa shape index (κ3) is 4.61. The summed E-state index contributed by atoms with van der Waals surface area (Å²) in [5.41, 5.74) is 2.13. The predicted molar refractivity (Wildman–Crippen MR) is 74.8 cm³/mol. The van der Waals surface area contributed by atoms with Crippen LogP contribution in [0, 0.1) is 0 Å². The molecule has 2 heterocycles. The Morgan fingerprint density at radius 3 is 2.84 bits per heavy atom. The molecule has 19 heavy (non-hydrogen) atoms. The van der Waals surface area contributed by atoms with Crippen molar-refractivity contribution in [3.8, 4) is 0 Å². The molecule has 1 saturated heterocycles. The maximum absolute atomic E-state index is 11.8. The van der Waals surface area contributed by atoms with Crippen LogP contribution in [0.5, 0.6) is 0 Å². The Balaban J connectivity index is 1.72. The molecule has 1 amide bonds. The number of hydrogen-bond donors (Lipinski definition) is 2. The molecule has 0 aliphatic carbocycles. The Bertz CT molecular complexity index is 398. The van der Waals surface area contributed by atoms with Crippen molar-refractivity contribution in [3.05, 3.63) is 29.6 Å². The van der Waals surface area contributed by atoms with Crippen molar-refractivity contribution in [1.82, 2.24) is 20.5 Å². The first-order valence-electron chi connectivity index (χ1n) is 6.91. The highest BCUT2D eigenvalue weighted by molar-refractivity contribution is 5.77. The molecule has 0 unspecified atom stereocenters. The number of rotatable bonds is 5. The minimum Gasteiger partial charge on any atom is -0.349 e. The van der Waals surface area contributed by atoms with Crippen LogP contribution in [0.3, 0.4) is 0 Å². The molecule has 2 rings (SSSR count). The Morgan fingerprint density at radius 2 is 2.21 bits per heavy atom. The number of carbonyl (C=O) groups is 1. The van der Waals surface area contributed by atoms with E-state index < -0.39 is 0 Å². The van der Waals surface area contributed by atoms with Gasteiger partial charge in [0.25, 0.3) is 0 Å². The molecule has 0 aromatic carbocycles. The minimum absolute atomic E-state index is 0.0725. The van der Waals surface area contributed by atoms with E-state index in [2.05, 4.69) is 33.5 Å². The molecule has 0 bridgehead atoms. The largest absolute Gasteiger partial charge is 0.349 e. The van der Waals surface area contributed by atoms with Crippen molar-refractivity contribution in [2.24, 2.45) is 0 Å². The number of hydrogen-bond acceptors (Lipinski definition) is 4. The second-order valence-electron chi connectivity index (χ2n) is 4.81. The van der Waals surface area contributed by atoms with E-state index in [0.717, 1.165) is 38.3 Å². The molecule has 1 aliphatic rings. The zero-order valence-electron chi connectivity index (χ0n) is 11.5. The second kappa shape index (κ2) is 7.21. The topological polar surface area (TPSA) is 57.3 Å². The first-order valence-corrected chi connectivity index (χ1v) is 6.91. The normalized spacial score (nSPS) is 16.3. The summed E-state index contributed by atoms with van der Waals surface area (Å²) in [6.45, 7) is 6.91. The lowest BCUT2D eigenvalue weighted by atomic mass is 10.2. The van der Waals surface area contributed by atoms with Gasteiger partial charge < -0.3 is 10.6 Å². The molecule has 2 N–H and O–H groups in total. The van der Waals surface area contributed by atoms with Crippen LogP contribution < -0.4 is 10.6 Å². The summed E-state index contributed by atoms with van der Waals surface area (Å²) in [7, 11) is 0. The van der Waals surface area contributed by atoms with Crippen LogP contribution >= 0.6 is 0 Å². The smallest absolute Gasteiger partial charge is 0.234 e. The molecule has 1 fully saturated rings. The Kier molecular flexibility index (Phi) is 5.30. The number of aryl methyl sites for hydroxylation is 1. The zero-order chi connectivity index (χ0) is 13.5. The van der Waals surface area contributed by atoms with E-state index in [1.807, 2.05) is 12.3 Å². The molecule has 0 atom stereocenters. The summed E-state index contributed by atoms with van der Waals surface area (Å²) in [6, 6.07) is 4.04. The van der Waals surface area contributed by atoms with E-state index in [1.54, 1.807) is 0 Å². The van der Waals surface area contributed by atoms with Gasteiger partial charge in [0.1, 0.15) is 0 Å². The lowest BCUT2D eigenvalue weighted by Crippen LogP contribution is -2.47. The van der Waals surface area contributed by atoms with Crippen LogP contribution in [-0.2, 0) is 17.8 Å². The molecule has 1 aromatic rings. The van der Waals surface area contributed by atoms with Crippen molar-refractivity contribution in [1.29, 1.82) is 0 Å². The monoisotopic (exact) mass is 262 g/mol. The van der Waals surface area contributed by atoms with E-state index in [0.29, 0.717) is 13.1 Å².